The molecule has 21 heavy (non-hydrogen) atoms. The summed E-state index contributed by atoms with van der Waals surface area (Å²) in [6.45, 7) is 3.47. The number of unbranched alkanes of at least 4 members (excludes halogenated alkanes) is 9. The Bertz CT molecular complexity index is 362. The standard InChI is InChI=1S/C16H32O4S/c1-4-5-6-7-8-9-10-11-12-13-14-16(20-15(2)17)21(3,18)19/h16H,4-14H2,1-3H3/t16-/m1/s1. The van der Waals surface area contributed by atoms with Gasteiger partial charge in [0.15, 0.2) is 9.84 Å². The number of rotatable bonds is 13. The lowest BCUT2D eigenvalue weighted by Gasteiger charge is -2.14. The summed E-state index contributed by atoms with van der Waals surface area (Å²) in [4.78, 5) is 10.9. The van der Waals surface area contributed by atoms with Gasteiger partial charge in [-0.1, -0.05) is 64.7 Å². The monoisotopic (exact) mass is 320 g/mol. The second-order valence-electron chi connectivity index (χ2n) is 5.84. The van der Waals surface area contributed by atoms with Crippen LogP contribution >= 0.6 is 0 Å². The van der Waals surface area contributed by atoms with Gasteiger partial charge in [-0.3, -0.25) is 4.79 Å². The number of sulfone groups is 1. The summed E-state index contributed by atoms with van der Waals surface area (Å²) in [7, 11) is -3.31. The van der Waals surface area contributed by atoms with Crippen LogP contribution in [0.4, 0.5) is 0 Å². The van der Waals surface area contributed by atoms with E-state index in [9.17, 15) is 13.2 Å². The molecule has 0 saturated carbocycles. The van der Waals surface area contributed by atoms with E-state index in [0.717, 1.165) is 25.5 Å². The Balaban J connectivity index is 3.61. The Kier molecular flexibility index (Phi) is 11.7. The quantitative estimate of drug-likeness (QED) is 0.376. The third-order valence-corrected chi connectivity index (χ3v) is 4.86. The van der Waals surface area contributed by atoms with Gasteiger partial charge in [-0.05, 0) is 12.8 Å². The summed E-state index contributed by atoms with van der Waals surface area (Å²) in [6.07, 6.45) is 13.5. The van der Waals surface area contributed by atoms with Crippen LogP contribution in [0, 0.1) is 0 Å². The molecule has 0 spiro atoms. The van der Waals surface area contributed by atoms with E-state index in [1.54, 1.807) is 0 Å². The van der Waals surface area contributed by atoms with Crippen molar-refractivity contribution in [1.82, 2.24) is 0 Å². The first kappa shape index (κ1) is 20.4. The van der Waals surface area contributed by atoms with E-state index in [2.05, 4.69) is 6.92 Å². The third-order valence-electron chi connectivity index (χ3n) is 3.57. The van der Waals surface area contributed by atoms with Crippen molar-refractivity contribution in [3.05, 3.63) is 0 Å². The summed E-state index contributed by atoms with van der Waals surface area (Å²) in [5.41, 5.74) is -0.968. The van der Waals surface area contributed by atoms with Crippen molar-refractivity contribution < 1.29 is 17.9 Å². The first-order valence-electron chi connectivity index (χ1n) is 8.24. The smallest absolute Gasteiger partial charge is 0.303 e. The van der Waals surface area contributed by atoms with Gasteiger partial charge in [-0.15, -0.1) is 0 Å². The molecule has 0 aliphatic carbocycles. The van der Waals surface area contributed by atoms with Gasteiger partial charge in [-0.25, -0.2) is 8.42 Å². The summed E-state index contributed by atoms with van der Waals surface area (Å²) in [6, 6.07) is 0. The normalized spacial score (nSPS) is 13.1. The van der Waals surface area contributed by atoms with Crippen molar-refractivity contribution >= 4 is 15.8 Å². The van der Waals surface area contributed by atoms with E-state index in [-0.39, 0.29) is 0 Å². The van der Waals surface area contributed by atoms with Gasteiger partial charge in [0.25, 0.3) is 0 Å². The molecule has 0 unspecified atom stereocenters. The van der Waals surface area contributed by atoms with Gasteiger partial charge >= 0.3 is 5.97 Å². The molecule has 0 rings (SSSR count). The Morgan fingerprint density at radius 2 is 1.33 bits per heavy atom. The van der Waals surface area contributed by atoms with Crippen molar-refractivity contribution in [2.75, 3.05) is 6.26 Å². The Hall–Kier alpha value is -0.580. The molecule has 5 heteroatoms. The lowest BCUT2D eigenvalue weighted by Crippen LogP contribution is -2.25. The van der Waals surface area contributed by atoms with Crippen LogP contribution < -0.4 is 0 Å². The van der Waals surface area contributed by atoms with E-state index < -0.39 is 21.2 Å². The van der Waals surface area contributed by atoms with Crippen molar-refractivity contribution in [3.63, 3.8) is 0 Å². The molecule has 0 fully saturated rings. The van der Waals surface area contributed by atoms with E-state index in [4.69, 9.17) is 4.74 Å². The summed E-state index contributed by atoms with van der Waals surface area (Å²) in [5, 5.41) is 0. The fraction of sp³-hybridized carbons (Fsp3) is 0.938. The van der Waals surface area contributed by atoms with Crippen molar-refractivity contribution in [1.29, 1.82) is 0 Å². The topological polar surface area (TPSA) is 60.4 Å². The van der Waals surface area contributed by atoms with Crippen LogP contribution in [0.1, 0.15) is 84.5 Å². The Morgan fingerprint density at radius 1 is 0.905 bits per heavy atom. The van der Waals surface area contributed by atoms with Gasteiger partial charge in [0.05, 0.1) is 0 Å². The molecule has 126 valence electrons. The van der Waals surface area contributed by atoms with Crippen LogP contribution in [0.2, 0.25) is 0 Å². The highest BCUT2D eigenvalue weighted by Crippen LogP contribution is 2.15. The Labute approximate surface area is 130 Å². The fourth-order valence-corrected chi connectivity index (χ4v) is 3.25. The van der Waals surface area contributed by atoms with Gasteiger partial charge < -0.3 is 4.74 Å². The lowest BCUT2D eigenvalue weighted by atomic mass is 10.1. The Morgan fingerprint density at radius 3 is 1.71 bits per heavy atom. The van der Waals surface area contributed by atoms with E-state index >= 15 is 0 Å². The first-order valence-corrected chi connectivity index (χ1v) is 10.2. The number of ether oxygens (including phenoxy) is 1. The zero-order chi connectivity index (χ0) is 16.1. The van der Waals surface area contributed by atoms with Crippen LogP contribution in [0.25, 0.3) is 0 Å². The number of esters is 1. The summed E-state index contributed by atoms with van der Waals surface area (Å²) < 4.78 is 27.8. The maximum absolute atomic E-state index is 11.5. The molecule has 0 aliphatic heterocycles. The molecule has 0 N–H and O–H groups in total. The van der Waals surface area contributed by atoms with Crippen molar-refractivity contribution in [2.24, 2.45) is 0 Å². The number of hydrogen-bond acceptors (Lipinski definition) is 4. The van der Waals surface area contributed by atoms with E-state index in [1.165, 1.54) is 51.9 Å². The minimum atomic E-state index is -3.31. The van der Waals surface area contributed by atoms with Crippen molar-refractivity contribution in [2.45, 2.75) is 89.9 Å². The van der Waals surface area contributed by atoms with Crippen LogP contribution in [-0.2, 0) is 19.4 Å². The molecule has 0 aromatic carbocycles. The molecule has 0 heterocycles. The fourth-order valence-electron chi connectivity index (χ4n) is 2.34. The molecule has 0 saturated heterocycles. The average molecular weight is 320 g/mol. The second-order valence-corrected chi connectivity index (χ2v) is 8.02. The van der Waals surface area contributed by atoms with Crippen LogP contribution in [0.5, 0.6) is 0 Å². The predicted molar refractivity (Wildman–Crippen MR) is 86.9 cm³/mol. The average Bonchev–Trinajstić information content (AvgIpc) is 2.38. The number of carbonyl (C=O) groups excluding carboxylic acids is 1. The van der Waals surface area contributed by atoms with Crippen LogP contribution in [-0.4, -0.2) is 26.1 Å². The van der Waals surface area contributed by atoms with E-state index in [0.29, 0.717) is 6.42 Å². The van der Waals surface area contributed by atoms with Gasteiger partial charge in [0.2, 0.25) is 5.44 Å². The maximum atomic E-state index is 11.5. The SMILES string of the molecule is CCCCCCCCCCCC[C@H](OC(C)=O)S(C)(=O)=O. The third kappa shape index (κ3) is 12.8. The minimum Gasteiger partial charge on any atom is -0.446 e. The molecule has 0 radical (unpaired) electrons. The molecule has 0 aliphatic rings. The molecular weight excluding hydrogens is 288 g/mol. The first-order chi connectivity index (χ1) is 9.88. The lowest BCUT2D eigenvalue weighted by molar-refractivity contribution is -0.143. The highest BCUT2D eigenvalue weighted by Gasteiger charge is 2.22. The van der Waals surface area contributed by atoms with Gasteiger partial charge in [0, 0.05) is 13.2 Å². The van der Waals surface area contributed by atoms with Crippen molar-refractivity contribution in [3.8, 4) is 0 Å². The highest BCUT2D eigenvalue weighted by atomic mass is 32.2. The molecule has 0 amide bonds. The second kappa shape index (κ2) is 12.0. The molecular formula is C16H32O4S. The van der Waals surface area contributed by atoms with Gasteiger partial charge in [-0.2, -0.15) is 0 Å². The van der Waals surface area contributed by atoms with Crippen LogP contribution in [0.3, 0.4) is 0 Å². The molecule has 1 atom stereocenters. The maximum Gasteiger partial charge on any atom is 0.303 e. The highest BCUT2D eigenvalue weighted by molar-refractivity contribution is 7.91. The van der Waals surface area contributed by atoms with Crippen LogP contribution in [0.15, 0.2) is 0 Å². The predicted octanol–water partition coefficient (Wildman–Crippen LogP) is 4.23. The molecule has 0 aromatic rings. The summed E-state index contributed by atoms with van der Waals surface area (Å²) >= 11 is 0. The largest absolute Gasteiger partial charge is 0.446 e. The minimum absolute atomic E-state index is 0.412. The number of carbonyl (C=O) groups is 1. The zero-order valence-electron chi connectivity index (χ0n) is 13.9. The molecule has 0 bridgehead atoms. The molecule has 0 aromatic heterocycles. The number of hydrogen-bond donors (Lipinski definition) is 0. The summed E-state index contributed by atoms with van der Waals surface area (Å²) in [5.74, 6) is -0.530. The molecule has 4 nitrogen and oxygen atoms in total. The van der Waals surface area contributed by atoms with E-state index in [1.807, 2.05) is 0 Å². The van der Waals surface area contributed by atoms with Gasteiger partial charge in [0.1, 0.15) is 0 Å². The zero-order valence-corrected chi connectivity index (χ0v) is 14.7.